The van der Waals surface area contributed by atoms with Gasteiger partial charge in [-0.2, -0.15) is 0 Å². The van der Waals surface area contributed by atoms with Gasteiger partial charge in [-0.05, 0) is 60.4 Å². The van der Waals surface area contributed by atoms with Gasteiger partial charge in [0.05, 0.1) is 5.54 Å². The van der Waals surface area contributed by atoms with E-state index in [1.54, 1.807) is 0 Å². The third kappa shape index (κ3) is 4.30. The minimum Gasteiger partial charge on any atom is -0.307 e. The number of nitrogens with zero attached hydrogens (tertiary/aromatic N) is 1. The molecular weight excluding hydrogens is 436 g/mol. The molecule has 2 fully saturated rings. The highest BCUT2D eigenvalue weighted by atomic mass is 15.2. The zero-order valence-electron chi connectivity index (χ0n) is 21.0. The highest BCUT2D eigenvalue weighted by Crippen LogP contribution is 2.46. The minimum absolute atomic E-state index is 0.0379. The molecule has 1 aliphatic heterocycles. The number of benzene rings is 4. The Morgan fingerprint density at radius 2 is 1.03 bits per heavy atom. The second-order valence-corrected chi connectivity index (χ2v) is 10.6. The molecule has 2 nitrogen and oxygen atoms in total. The van der Waals surface area contributed by atoms with E-state index < -0.39 is 0 Å². The van der Waals surface area contributed by atoms with E-state index in [2.05, 4.69) is 132 Å². The van der Waals surface area contributed by atoms with Crippen molar-refractivity contribution in [2.45, 2.75) is 36.8 Å². The molecule has 1 saturated heterocycles. The molecule has 2 aliphatic rings. The molecule has 182 valence electrons. The maximum Gasteiger partial charge on any atom is 0.0972 e. The Bertz CT molecular complexity index is 1130. The molecule has 4 aromatic carbocycles. The van der Waals surface area contributed by atoms with Gasteiger partial charge in [0.2, 0.25) is 0 Å². The molecule has 4 aromatic rings. The van der Waals surface area contributed by atoms with Gasteiger partial charge < -0.3 is 5.32 Å². The summed E-state index contributed by atoms with van der Waals surface area (Å²) in [7, 11) is 0. The molecule has 6 rings (SSSR count). The molecule has 2 heteroatoms. The smallest absolute Gasteiger partial charge is 0.0972 e. The lowest BCUT2D eigenvalue weighted by molar-refractivity contribution is 0.0722. The summed E-state index contributed by atoms with van der Waals surface area (Å²) in [4.78, 5) is 2.74. The predicted octanol–water partition coefficient (Wildman–Crippen LogP) is 6.97. The van der Waals surface area contributed by atoms with Crippen molar-refractivity contribution in [3.63, 3.8) is 0 Å². The fourth-order valence-corrected chi connectivity index (χ4v) is 6.30. The molecule has 0 atom stereocenters. The van der Waals surface area contributed by atoms with E-state index in [4.69, 9.17) is 0 Å². The number of hydrogen-bond acceptors (Lipinski definition) is 2. The van der Waals surface area contributed by atoms with Crippen LogP contribution >= 0.6 is 0 Å². The quantitative estimate of drug-likeness (QED) is 0.279. The minimum atomic E-state index is -0.330. The van der Waals surface area contributed by atoms with E-state index >= 15 is 0 Å². The summed E-state index contributed by atoms with van der Waals surface area (Å²) in [6.45, 7) is 3.17. The average Bonchev–Trinajstić information content (AvgIpc) is 3.80. The SMILES string of the molecule is c1ccc(C2(NCC3CC3)CCN(C(c3ccccc3)(c3ccccc3)c3ccccc3)CC2)cc1. The third-order valence-electron chi connectivity index (χ3n) is 8.42. The van der Waals surface area contributed by atoms with Crippen molar-refractivity contribution in [3.8, 4) is 0 Å². The second-order valence-electron chi connectivity index (χ2n) is 10.6. The van der Waals surface area contributed by atoms with Crippen molar-refractivity contribution < 1.29 is 0 Å². The maximum absolute atomic E-state index is 4.08. The van der Waals surface area contributed by atoms with Crippen LogP contribution in [0.2, 0.25) is 0 Å². The molecular formula is C34H36N2. The van der Waals surface area contributed by atoms with Gasteiger partial charge in [-0.1, -0.05) is 121 Å². The highest BCUT2D eigenvalue weighted by molar-refractivity contribution is 5.50. The van der Waals surface area contributed by atoms with Crippen molar-refractivity contribution in [2.75, 3.05) is 19.6 Å². The van der Waals surface area contributed by atoms with Gasteiger partial charge in [-0.25, -0.2) is 0 Å². The number of hydrogen-bond donors (Lipinski definition) is 1. The summed E-state index contributed by atoms with van der Waals surface area (Å²) in [5, 5.41) is 4.08. The van der Waals surface area contributed by atoms with Crippen molar-refractivity contribution in [1.82, 2.24) is 10.2 Å². The van der Waals surface area contributed by atoms with Crippen molar-refractivity contribution in [3.05, 3.63) is 144 Å². The zero-order valence-corrected chi connectivity index (χ0v) is 21.0. The summed E-state index contributed by atoms with van der Waals surface area (Å²) in [5.74, 6) is 0.862. The van der Waals surface area contributed by atoms with E-state index in [1.165, 1.54) is 35.1 Å². The van der Waals surface area contributed by atoms with Crippen LogP contribution in [0.1, 0.15) is 47.9 Å². The van der Waals surface area contributed by atoms with Gasteiger partial charge >= 0.3 is 0 Å². The molecule has 0 unspecified atom stereocenters. The first kappa shape index (κ1) is 23.2. The molecule has 0 bridgehead atoms. The Hall–Kier alpha value is -3.20. The van der Waals surface area contributed by atoms with Gasteiger partial charge in [0.1, 0.15) is 0 Å². The molecule has 1 aliphatic carbocycles. The van der Waals surface area contributed by atoms with E-state index in [1.807, 2.05) is 0 Å². The molecule has 1 heterocycles. The Morgan fingerprint density at radius 3 is 1.44 bits per heavy atom. The summed E-state index contributed by atoms with van der Waals surface area (Å²) in [5.41, 5.74) is 5.15. The van der Waals surface area contributed by atoms with Crippen molar-refractivity contribution in [1.29, 1.82) is 0 Å². The number of rotatable bonds is 8. The normalized spacial score (nSPS) is 18.1. The van der Waals surface area contributed by atoms with Gasteiger partial charge in [0.15, 0.2) is 0 Å². The lowest BCUT2D eigenvalue weighted by Gasteiger charge is -2.52. The number of likely N-dealkylation sites (tertiary alicyclic amines) is 1. The van der Waals surface area contributed by atoms with E-state index in [-0.39, 0.29) is 11.1 Å². The molecule has 0 spiro atoms. The Labute approximate surface area is 216 Å². The van der Waals surface area contributed by atoms with Crippen LogP contribution in [0.4, 0.5) is 0 Å². The lowest BCUT2D eigenvalue weighted by atomic mass is 9.72. The van der Waals surface area contributed by atoms with Crippen LogP contribution in [-0.2, 0) is 11.1 Å². The van der Waals surface area contributed by atoms with Crippen molar-refractivity contribution >= 4 is 0 Å². The lowest BCUT2D eigenvalue weighted by Crippen LogP contribution is -2.57. The summed E-state index contributed by atoms with van der Waals surface area (Å²) in [6.07, 6.45) is 4.95. The van der Waals surface area contributed by atoms with Crippen LogP contribution in [0.3, 0.4) is 0 Å². The first-order valence-electron chi connectivity index (χ1n) is 13.5. The fraction of sp³-hybridized carbons (Fsp3) is 0.294. The van der Waals surface area contributed by atoms with Crippen molar-refractivity contribution in [2.24, 2.45) is 5.92 Å². The predicted molar refractivity (Wildman–Crippen MR) is 149 cm³/mol. The Balaban J connectivity index is 1.43. The first-order valence-corrected chi connectivity index (χ1v) is 13.5. The fourth-order valence-electron chi connectivity index (χ4n) is 6.30. The molecule has 36 heavy (non-hydrogen) atoms. The third-order valence-corrected chi connectivity index (χ3v) is 8.42. The molecule has 0 aromatic heterocycles. The standard InChI is InChI=1S/C34H36N2/c1-5-13-29(14-6-1)33(35-27-28-21-22-28)23-25-36(26-24-33)34(30-15-7-2-8-16-30,31-17-9-3-10-18-31)32-19-11-4-12-20-32/h1-20,28,35H,21-27H2. The number of nitrogens with one attached hydrogen (secondary N) is 1. The van der Waals surface area contributed by atoms with Crippen LogP contribution in [0.5, 0.6) is 0 Å². The molecule has 1 saturated carbocycles. The maximum atomic E-state index is 4.08. The molecule has 1 N–H and O–H groups in total. The Morgan fingerprint density at radius 1 is 0.611 bits per heavy atom. The topological polar surface area (TPSA) is 15.3 Å². The monoisotopic (exact) mass is 472 g/mol. The van der Waals surface area contributed by atoms with Crippen LogP contribution in [0.15, 0.2) is 121 Å². The van der Waals surface area contributed by atoms with E-state index in [0.29, 0.717) is 0 Å². The second kappa shape index (κ2) is 10.0. The van der Waals surface area contributed by atoms with Gasteiger partial charge in [0.25, 0.3) is 0 Å². The van der Waals surface area contributed by atoms with Crippen LogP contribution in [0.25, 0.3) is 0 Å². The largest absolute Gasteiger partial charge is 0.307 e. The highest BCUT2D eigenvalue weighted by Gasteiger charge is 2.46. The van der Waals surface area contributed by atoms with Gasteiger partial charge in [-0.3, -0.25) is 4.90 Å². The van der Waals surface area contributed by atoms with Crippen LogP contribution in [-0.4, -0.2) is 24.5 Å². The molecule has 0 amide bonds. The van der Waals surface area contributed by atoms with Gasteiger partial charge in [0, 0.05) is 18.6 Å². The van der Waals surface area contributed by atoms with Crippen LogP contribution in [0, 0.1) is 5.92 Å². The van der Waals surface area contributed by atoms with E-state index in [9.17, 15) is 0 Å². The average molecular weight is 473 g/mol. The Kier molecular flexibility index (Phi) is 6.48. The summed E-state index contributed by atoms with van der Waals surface area (Å²) >= 11 is 0. The summed E-state index contributed by atoms with van der Waals surface area (Å²) in [6, 6.07) is 44.5. The van der Waals surface area contributed by atoms with Crippen LogP contribution < -0.4 is 5.32 Å². The van der Waals surface area contributed by atoms with E-state index in [0.717, 1.165) is 38.4 Å². The molecule has 0 radical (unpaired) electrons. The zero-order chi connectivity index (χ0) is 24.3. The summed E-state index contributed by atoms with van der Waals surface area (Å²) < 4.78 is 0. The number of piperidine rings is 1. The van der Waals surface area contributed by atoms with Gasteiger partial charge in [-0.15, -0.1) is 0 Å². The first-order chi connectivity index (χ1) is 17.8.